The van der Waals surface area contributed by atoms with E-state index in [0.29, 0.717) is 16.9 Å². The molecule has 0 saturated heterocycles. The number of carbonyl (C=O) groups excluding carboxylic acids is 1. The van der Waals surface area contributed by atoms with Gasteiger partial charge in [-0.2, -0.15) is 0 Å². The van der Waals surface area contributed by atoms with Crippen LogP contribution in [0.2, 0.25) is 0 Å². The van der Waals surface area contributed by atoms with Gasteiger partial charge < -0.3 is 11.1 Å². The first-order valence-corrected chi connectivity index (χ1v) is 6.14. The molecule has 0 fully saturated rings. The largest absolute Gasteiger partial charge is 0.398 e. The number of carbonyl (C=O) groups is 1. The Balaban J connectivity index is 2.22. The summed E-state index contributed by atoms with van der Waals surface area (Å²) in [7, 11) is 0. The van der Waals surface area contributed by atoms with E-state index in [-0.39, 0.29) is 5.91 Å². The molecular weight excluding hydrogens is 294 g/mol. The third kappa shape index (κ3) is 2.68. The van der Waals surface area contributed by atoms with Gasteiger partial charge in [-0.05, 0) is 30.7 Å². The maximum atomic E-state index is 12.0. The number of amides is 1. The molecule has 1 heterocycles. The Labute approximate surface area is 113 Å². The SMILES string of the molecule is Cc1ccc(NC(=O)c2cnccc2N)cc1Br. The minimum absolute atomic E-state index is 0.267. The van der Waals surface area contributed by atoms with Gasteiger partial charge in [0.25, 0.3) is 5.91 Å². The molecule has 0 aliphatic heterocycles. The fraction of sp³-hybridized carbons (Fsp3) is 0.0769. The molecule has 0 atom stereocenters. The number of nitrogen functional groups attached to an aromatic ring is 1. The smallest absolute Gasteiger partial charge is 0.259 e. The molecule has 2 aromatic rings. The van der Waals surface area contributed by atoms with Gasteiger partial charge in [0.15, 0.2) is 0 Å². The van der Waals surface area contributed by atoms with E-state index < -0.39 is 0 Å². The average Bonchev–Trinajstić information content (AvgIpc) is 2.34. The van der Waals surface area contributed by atoms with Crippen molar-refractivity contribution in [3.05, 3.63) is 52.3 Å². The summed E-state index contributed by atoms with van der Waals surface area (Å²) >= 11 is 3.42. The fourth-order valence-electron chi connectivity index (χ4n) is 1.46. The minimum Gasteiger partial charge on any atom is -0.398 e. The minimum atomic E-state index is -0.267. The predicted molar refractivity (Wildman–Crippen MR) is 75.5 cm³/mol. The second-order valence-corrected chi connectivity index (χ2v) is 4.74. The number of nitrogens with two attached hydrogens (primary N) is 1. The molecule has 3 N–H and O–H groups in total. The highest BCUT2D eigenvalue weighted by Crippen LogP contribution is 2.21. The van der Waals surface area contributed by atoms with Crippen molar-refractivity contribution >= 4 is 33.2 Å². The van der Waals surface area contributed by atoms with Crippen LogP contribution in [0, 0.1) is 6.92 Å². The Bertz CT molecular complexity index is 599. The van der Waals surface area contributed by atoms with Crippen molar-refractivity contribution < 1.29 is 4.79 Å². The number of rotatable bonds is 2. The van der Waals surface area contributed by atoms with Gasteiger partial charge in [0.05, 0.1) is 5.56 Å². The first kappa shape index (κ1) is 12.6. The molecule has 0 aliphatic rings. The lowest BCUT2D eigenvalue weighted by Crippen LogP contribution is -2.14. The van der Waals surface area contributed by atoms with Crippen LogP contribution in [-0.4, -0.2) is 10.9 Å². The summed E-state index contributed by atoms with van der Waals surface area (Å²) in [5.41, 5.74) is 8.31. The van der Waals surface area contributed by atoms with E-state index in [2.05, 4.69) is 26.2 Å². The van der Waals surface area contributed by atoms with E-state index in [0.717, 1.165) is 10.0 Å². The zero-order valence-corrected chi connectivity index (χ0v) is 11.4. The van der Waals surface area contributed by atoms with Gasteiger partial charge in [-0.3, -0.25) is 9.78 Å². The van der Waals surface area contributed by atoms with Crippen molar-refractivity contribution in [2.24, 2.45) is 0 Å². The van der Waals surface area contributed by atoms with Crippen LogP contribution >= 0.6 is 15.9 Å². The van der Waals surface area contributed by atoms with E-state index in [4.69, 9.17) is 5.73 Å². The first-order chi connectivity index (χ1) is 8.58. The summed E-state index contributed by atoms with van der Waals surface area (Å²) in [6.45, 7) is 1.98. The van der Waals surface area contributed by atoms with Crippen molar-refractivity contribution in [2.45, 2.75) is 6.92 Å². The topological polar surface area (TPSA) is 68.0 Å². The van der Waals surface area contributed by atoms with E-state index in [1.165, 1.54) is 6.20 Å². The van der Waals surface area contributed by atoms with Crippen molar-refractivity contribution in [2.75, 3.05) is 11.1 Å². The van der Waals surface area contributed by atoms with Crippen LogP contribution in [0.15, 0.2) is 41.1 Å². The number of aryl methyl sites for hydroxylation is 1. The van der Waals surface area contributed by atoms with Crippen LogP contribution in [0.3, 0.4) is 0 Å². The number of halogens is 1. The molecule has 5 heteroatoms. The quantitative estimate of drug-likeness (QED) is 0.896. The van der Waals surface area contributed by atoms with E-state index in [9.17, 15) is 4.79 Å². The third-order valence-corrected chi connectivity index (χ3v) is 3.38. The van der Waals surface area contributed by atoms with Crippen molar-refractivity contribution in [1.82, 2.24) is 4.98 Å². The highest BCUT2D eigenvalue weighted by molar-refractivity contribution is 9.10. The molecule has 1 aromatic heterocycles. The van der Waals surface area contributed by atoms with Gasteiger partial charge >= 0.3 is 0 Å². The molecule has 4 nitrogen and oxygen atoms in total. The number of pyridine rings is 1. The molecule has 0 bridgehead atoms. The lowest BCUT2D eigenvalue weighted by molar-refractivity contribution is 0.102. The Hall–Kier alpha value is -1.88. The zero-order chi connectivity index (χ0) is 13.1. The van der Waals surface area contributed by atoms with Crippen LogP contribution in [0.1, 0.15) is 15.9 Å². The van der Waals surface area contributed by atoms with Gasteiger partial charge in [-0.1, -0.05) is 22.0 Å². The maximum Gasteiger partial charge on any atom is 0.259 e. The molecule has 0 unspecified atom stereocenters. The molecular formula is C13H12BrN3O. The van der Waals surface area contributed by atoms with Crippen molar-refractivity contribution in [3.63, 3.8) is 0 Å². The van der Waals surface area contributed by atoms with Gasteiger partial charge in [-0.15, -0.1) is 0 Å². The third-order valence-electron chi connectivity index (χ3n) is 2.53. The number of hydrogen-bond acceptors (Lipinski definition) is 3. The fourth-order valence-corrected chi connectivity index (χ4v) is 1.84. The van der Waals surface area contributed by atoms with Crippen molar-refractivity contribution in [1.29, 1.82) is 0 Å². The Morgan fingerprint density at radius 3 is 2.83 bits per heavy atom. The van der Waals surface area contributed by atoms with Crippen LogP contribution < -0.4 is 11.1 Å². The number of aromatic nitrogens is 1. The first-order valence-electron chi connectivity index (χ1n) is 5.35. The Morgan fingerprint density at radius 1 is 1.39 bits per heavy atom. The van der Waals surface area contributed by atoms with Crippen LogP contribution in [0.4, 0.5) is 11.4 Å². The summed E-state index contributed by atoms with van der Waals surface area (Å²) in [6, 6.07) is 7.20. The van der Waals surface area contributed by atoms with Gasteiger partial charge in [-0.25, -0.2) is 0 Å². The summed E-state index contributed by atoms with van der Waals surface area (Å²) in [5.74, 6) is -0.267. The molecule has 2 rings (SSSR count). The summed E-state index contributed by atoms with van der Waals surface area (Å²) in [5, 5.41) is 2.78. The Morgan fingerprint density at radius 2 is 2.17 bits per heavy atom. The second kappa shape index (κ2) is 5.18. The highest BCUT2D eigenvalue weighted by Gasteiger charge is 2.10. The molecule has 1 aromatic carbocycles. The molecule has 1 amide bonds. The summed E-state index contributed by atoms with van der Waals surface area (Å²) in [6.07, 6.45) is 3.00. The number of hydrogen-bond donors (Lipinski definition) is 2. The standard InChI is InChI=1S/C13H12BrN3O/c1-8-2-3-9(6-11(8)14)17-13(18)10-7-16-5-4-12(10)15/h2-7H,1H3,(H2,15,16)(H,17,18). The van der Waals surface area contributed by atoms with E-state index in [1.807, 2.05) is 25.1 Å². The maximum absolute atomic E-state index is 12.0. The van der Waals surface area contributed by atoms with Crippen LogP contribution in [0.25, 0.3) is 0 Å². The number of nitrogens with zero attached hydrogens (tertiary/aromatic N) is 1. The molecule has 0 spiro atoms. The lowest BCUT2D eigenvalue weighted by atomic mass is 10.2. The van der Waals surface area contributed by atoms with Gasteiger partial charge in [0, 0.05) is 28.2 Å². The molecule has 0 saturated carbocycles. The predicted octanol–water partition coefficient (Wildman–Crippen LogP) is 2.99. The number of nitrogens with one attached hydrogen (secondary N) is 1. The summed E-state index contributed by atoms with van der Waals surface area (Å²) < 4.78 is 0.944. The van der Waals surface area contributed by atoms with E-state index in [1.54, 1.807) is 12.3 Å². The molecule has 18 heavy (non-hydrogen) atoms. The molecule has 0 radical (unpaired) electrons. The highest BCUT2D eigenvalue weighted by atomic mass is 79.9. The second-order valence-electron chi connectivity index (χ2n) is 3.88. The average molecular weight is 306 g/mol. The van der Waals surface area contributed by atoms with Gasteiger partial charge in [0.2, 0.25) is 0 Å². The molecule has 92 valence electrons. The van der Waals surface area contributed by atoms with Crippen molar-refractivity contribution in [3.8, 4) is 0 Å². The van der Waals surface area contributed by atoms with E-state index >= 15 is 0 Å². The Kier molecular flexibility index (Phi) is 3.62. The van der Waals surface area contributed by atoms with Gasteiger partial charge in [0.1, 0.15) is 0 Å². The lowest BCUT2D eigenvalue weighted by Gasteiger charge is -2.08. The summed E-state index contributed by atoms with van der Waals surface area (Å²) in [4.78, 5) is 15.9. The monoisotopic (exact) mass is 305 g/mol. The normalized spacial score (nSPS) is 10.1. The van der Waals surface area contributed by atoms with Crippen LogP contribution in [-0.2, 0) is 0 Å². The van der Waals surface area contributed by atoms with Crippen LogP contribution in [0.5, 0.6) is 0 Å². The number of benzene rings is 1. The molecule has 0 aliphatic carbocycles. The number of anilines is 2. The zero-order valence-electron chi connectivity index (χ0n) is 9.77.